The van der Waals surface area contributed by atoms with E-state index < -0.39 is 0 Å². The van der Waals surface area contributed by atoms with E-state index in [1.165, 1.54) is 21.5 Å². The molecular weight excluding hydrogens is 310 g/mol. The normalized spacial score (nSPS) is 11.2. The van der Waals surface area contributed by atoms with Gasteiger partial charge in [0, 0.05) is 11.6 Å². The Balaban J connectivity index is 1.65. The van der Waals surface area contributed by atoms with Gasteiger partial charge in [0.2, 0.25) is 0 Å². The second-order valence-corrected chi connectivity index (χ2v) is 6.26. The van der Waals surface area contributed by atoms with Crippen LogP contribution in [0.1, 0.15) is 11.3 Å². The minimum absolute atomic E-state index is 0.0652. The van der Waals surface area contributed by atoms with E-state index in [4.69, 9.17) is 4.52 Å². The molecule has 0 atom stereocenters. The Morgan fingerprint density at radius 3 is 2.87 bits per heavy atom. The molecule has 1 aromatic carbocycles. The van der Waals surface area contributed by atoms with Crippen molar-refractivity contribution in [1.29, 1.82) is 0 Å². The summed E-state index contributed by atoms with van der Waals surface area (Å²) in [4.78, 5) is 17.4. The standard InChI is InChI=1S/C17H13N3O2S/c1-11-2-4-12(5-3-11)15-8-13(22-19-15)9-20-10-18-16-14(17(20)21)6-7-23-16/h2-8,10H,9H2,1H3. The molecule has 114 valence electrons. The molecule has 5 nitrogen and oxygen atoms in total. The summed E-state index contributed by atoms with van der Waals surface area (Å²) in [5, 5.41) is 6.59. The Morgan fingerprint density at radius 1 is 1.22 bits per heavy atom. The molecule has 3 heterocycles. The van der Waals surface area contributed by atoms with Crippen molar-refractivity contribution in [3.63, 3.8) is 0 Å². The lowest BCUT2D eigenvalue weighted by molar-refractivity contribution is 0.376. The number of benzene rings is 1. The van der Waals surface area contributed by atoms with Gasteiger partial charge in [-0.05, 0) is 18.4 Å². The van der Waals surface area contributed by atoms with Crippen molar-refractivity contribution >= 4 is 21.6 Å². The molecule has 0 aliphatic heterocycles. The first kappa shape index (κ1) is 13.9. The predicted molar refractivity (Wildman–Crippen MR) is 89.7 cm³/mol. The maximum Gasteiger partial charge on any atom is 0.262 e. The lowest BCUT2D eigenvalue weighted by Gasteiger charge is -2.01. The van der Waals surface area contributed by atoms with Crippen molar-refractivity contribution in [2.75, 3.05) is 0 Å². The maximum atomic E-state index is 12.4. The smallest absolute Gasteiger partial charge is 0.262 e. The van der Waals surface area contributed by atoms with Gasteiger partial charge >= 0.3 is 0 Å². The zero-order chi connectivity index (χ0) is 15.8. The van der Waals surface area contributed by atoms with Crippen LogP contribution in [0, 0.1) is 6.92 Å². The van der Waals surface area contributed by atoms with Gasteiger partial charge < -0.3 is 4.52 Å². The number of hydrogen-bond acceptors (Lipinski definition) is 5. The Labute approximate surface area is 135 Å². The summed E-state index contributed by atoms with van der Waals surface area (Å²) in [5.74, 6) is 0.624. The van der Waals surface area contributed by atoms with E-state index in [1.807, 2.05) is 42.6 Å². The molecule has 0 radical (unpaired) electrons. The molecule has 0 fully saturated rings. The van der Waals surface area contributed by atoms with Gasteiger partial charge in [-0.3, -0.25) is 9.36 Å². The van der Waals surface area contributed by atoms with E-state index in [-0.39, 0.29) is 5.56 Å². The fourth-order valence-electron chi connectivity index (χ4n) is 2.42. The van der Waals surface area contributed by atoms with Crippen molar-refractivity contribution in [2.45, 2.75) is 13.5 Å². The van der Waals surface area contributed by atoms with Gasteiger partial charge in [-0.15, -0.1) is 11.3 Å². The monoisotopic (exact) mass is 323 g/mol. The van der Waals surface area contributed by atoms with Crippen LogP contribution in [0.5, 0.6) is 0 Å². The van der Waals surface area contributed by atoms with Crippen LogP contribution in [0.4, 0.5) is 0 Å². The van der Waals surface area contributed by atoms with Crippen LogP contribution in [-0.4, -0.2) is 14.7 Å². The van der Waals surface area contributed by atoms with E-state index in [9.17, 15) is 4.79 Å². The molecule has 0 unspecified atom stereocenters. The molecule has 0 saturated carbocycles. The summed E-state index contributed by atoms with van der Waals surface area (Å²) in [6.07, 6.45) is 1.55. The quantitative estimate of drug-likeness (QED) is 0.579. The molecule has 4 rings (SSSR count). The number of rotatable bonds is 3. The highest BCUT2D eigenvalue weighted by atomic mass is 32.1. The van der Waals surface area contributed by atoms with Crippen molar-refractivity contribution in [2.24, 2.45) is 0 Å². The van der Waals surface area contributed by atoms with Crippen LogP contribution in [-0.2, 0) is 6.54 Å². The number of fused-ring (bicyclic) bond motifs is 1. The van der Waals surface area contributed by atoms with Gasteiger partial charge in [-0.25, -0.2) is 4.98 Å². The number of aryl methyl sites for hydroxylation is 1. The van der Waals surface area contributed by atoms with Gasteiger partial charge in [0.1, 0.15) is 10.5 Å². The summed E-state index contributed by atoms with van der Waals surface area (Å²) in [6, 6.07) is 11.7. The number of nitrogens with zero attached hydrogens (tertiary/aromatic N) is 3. The van der Waals surface area contributed by atoms with Crippen molar-refractivity contribution < 1.29 is 4.52 Å². The van der Waals surface area contributed by atoms with E-state index in [1.54, 1.807) is 12.4 Å². The SMILES string of the molecule is Cc1ccc(-c2cc(Cn3cnc4sccc4c3=O)on2)cc1. The fraction of sp³-hybridized carbons (Fsp3) is 0.118. The minimum atomic E-state index is -0.0652. The van der Waals surface area contributed by atoms with Gasteiger partial charge in [-0.1, -0.05) is 35.0 Å². The zero-order valence-corrected chi connectivity index (χ0v) is 13.2. The molecule has 3 aromatic heterocycles. The first-order chi connectivity index (χ1) is 11.2. The Kier molecular flexibility index (Phi) is 3.31. The third-order valence-electron chi connectivity index (χ3n) is 3.68. The highest BCUT2D eigenvalue weighted by molar-refractivity contribution is 7.16. The van der Waals surface area contributed by atoms with Crippen LogP contribution in [0.15, 0.2) is 57.4 Å². The molecule has 0 saturated heterocycles. The van der Waals surface area contributed by atoms with E-state index in [2.05, 4.69) is 10.1 Å². The lowest BCUT2D eigenvalue weighted by atomic mass is 10.1. The van der Waals surface area contributed by atoms with Crippen LogP contribution in [0.25, 0.3) is 21.5 Å². The van der Waals surface area contributed by atoms with E-state index in [0.717, 1.165) is 16.1 Å². The second-order valence-electron chi connectivity index (χ2n) is 5.36. The maximum absolute atomic E-state index is 12.4. The topological polar surface area (TPSA) is 60.9 Å². The second kappa shape index (κ2) is 5.48. The first-order valence-corrected chi connectivity index (χ1v) is 8.04. The highest BCUT2D eigenvalue weighted by Gasteiger charge is 2.10. The summed E-state index contributed by atoms with van der Waals surface area (Å²) < 4.78 is 6.90. The largest absolute Gasteiger partial charge is 0.359 e. The highest BCUT2D eigenvalue weighted by Crippen LogP contribution is 2.20. The van der Waals surface area contributed by atoms with Crippen molar-refractivity contribution in [3.8, 4) is 11.3 Å². The van der Waals surface area contributed by atoms with Crippen molar-refractivity contribution in [3.05, 3.63) is 69.8 Å². The van der Waals surface area contributed by atoms with E-state index in [0.29, 0.717) is 17.7 Å². The molecule has 23 heavy (non-hydrogen) atoms. The van der Waals surface area contributed by atoms with Crippen LogP contribution < -0.4 is 5.56 Å². The summed E-state index contributed by atoms with van der Waals surface area (Å²) in [6.45, 7) is 2.36. The average Bonchev–Trinajstić information content (AvgIpc) is 3.20. The molecule has 0 N–H and O–H groups in total. The summed E-state index contributed by atoms with van der Waals surface area (Å²) in [5.41, 5.74) is 2.88. The van der Waals surface area contributed by atoms with Gasteiger partial charge in [-0.2, -0.15) is 0 Å². The molecule has 0 aliphatic rings. The number of hydrogen-bond donors (Lipinski definition) is 0. The molecule has 4 aromatic rings. The van der Waals surface area contributed by atoms with Crippen LogP contribution in [0.3, 0.4) is 0 Å². The molecule has 6 heteroatoms. The lowest BCUT2D eigenvalue weighted by Crippen LogP contribution is -2.20. The fourth-order valence-corrected chi connectivity index (χ4v) is 3.15. The molecule has 0 aliphatic carbocycles. The summed E-state index contributed by atoms with van der Waals surface area (Å²) >= 11 is 1.46. The number of thiophene rings is 1. The zero-order valence-electron chi connectivity index (χ0n) is 12.4. The predicted octanol–water partition coefficient (Wildman–Crippen LogP) is 3.47. The third-order valence-corrected chi connectivity index (χ3v) is 4.50. The van der Waals surface area contributed by atoms with E-state index >= 15 is 0 Å². The molecule has 0 amide bonds. The Bertz CT molecular complexity index is 1030. The minimum Gasteiger partial charge on any atom is -0.359 e. The third kappa shape index (κ3) is 2.57. The number of aromatic nitrogens is 3. The first-order valence-electron chi connectivity index (χ1n) is 7.16. The molecular formula is C17H13N3O2S. The molecule has 0 spiro atoms. The molecule has 0 bridgehead atoms. The Hall–Kier alpha value is -2.73. The summed E-state index contributed by atoms with van der Waals surface area (Å²) in [7, 11) is 0. The van der Waals surface area contributed by atoms with Gasteiger partial charge in [0.05, 0.1) is 18.3 Å². The van der Waals surface area contributed by atoms with Gasteiger partial charge in [0.15, 0.2) is 5.76 Å². The van der Waals surface area contributed by atoms with Gasteiger partial charge in [0.25, 0.3) is 5.56 Å². The van der Waals surface area contributed by atoms with Crippen LogP contribution in [0.2, 0.25) is 0 Å². The average molecular weight is 323 g/mol. The van der Waals surface area contributed by atoms with Crippen molar-refractivity contribution in [1.82, 2.24) is 14.7 Å². The van der Waals surface area contributed by atoms with Crippen LogP contribution >= 0.6 is 11.3 Å². The Morgan fingerprint density at radius 2 is 2.04 bits per heavy atom.